The Morgan fingerprint density at radius 2 is 2.00 bits per heavy atom. The van der Waals surface area contributed by atoms with Crippen LogP contribution < -0.4 is 9.47 Å². The van der Waals surface area contributed by atoms with E-state index in [1.807, 2.05) is 18.2 Å². The van der Waals surface area contributed by atoms with Gasteiger partial charge in [-0.05, 0) is 37.7 Å². The molecule has 0 saturated carbocycles. The van der Waals surface area contributed by atoms with Gasteiger partial charge in [0.2, 0.25) is 0 Å². The molecule has 0 radical (unpaired) electrons. The Morgan fingerprint density at radius 3 is 2.71 bits per heavy atom. The average Bonchev–Trinajstić information content (AvgIpc) is 2.35. The highest BCUT2D eigenvalue weighted by atomic mass is 16.6. The van der Waals surface area contributed by atoms with Crippen LogP contribution >= 0.6 is 0 Å². The van der Waals surface area contributed by atoms with Crippen molar-refractivity contribution in [2.24, 2.45) is 0 Å². The number of rotatable bonds is 4. The van der Waals surface area contributed by atoms with Crippen molar-refractivity contribution in [1.29, 1.82) is 0 Å². The first-order valence-electron chi connectivity index (χ1n) is 6.35. The van der Waals surface area contributed by atoms with Crippen LogP contribution in [0.1, 0.15) is 19.4 Å². The van der Waals surface area contributed by atoms with Crippen LogP contribution in [0.5, 0.6) is 11.5 Å². The standard InChI is InChI=1S/C14H21NO2/c1-4-15(5-2)9-12-10-16-13-7-6-11(3)8-14(13)17-12/h6-8,12H,4-5,9-10H2,1-3H3. The van der Waals surface area contributed by atoms with Crippen molar-refractivity contribution in [1.82, 2.24) is 4.90 Å². The van der Waals surface area contributed by atoms with Crippen LogP contribution in [-0.4, -0.2) is 37.2 Å². The summed E-state index contributed by atoms with van der Waals surface area (Å²) in [7, 11) is 0. The molecule has 0 aliphatic carbocycles. The molecule has 17 heavy (non-hydrogen) atoms. The Balaban J connectivity index is 2.02. The largest absolute Gasteiger partial charge is 0.486 e. The molecule has 1 aliphatic rings. The van der Waals surface area contributed by atoms with Crippen LogP contribution in [0.15, 0.2) is 18.2 Å². The SMILES string of the molecule is CCN(CC)CC1COc2ccc(C)cc2O1. The van der Waals surface area contributed by atoms with E-state index in [0.717, 1.165) is 31.1 Å². The van der Waals surface area contributed by atoms with Crippen molar-refractivity contribution >= 4 is 0 Å². The number of likely N-dealkylation sites (N-methyl/N-ethyl adjacent to an activating group) is 1. The summed E-state index contributed by atoms with van der Waals surface area (Å²) in [5.74, 6) is 1.75. The number of aryl methyl sites for hydroxylation is 1. The number of hydrogen-bond acceptors (Lipinski definition) is 3. The van der Waals surface area contributed by atoms with Crippen molar-refractivity contribution in [3.63, 3.8) is 0 Å². The second-order valence-electron chi connectivity index (χ2n) is 4.49. The monoisotopic (exact) mass is 235 g/mol. The zero-order valence-corrected chi connectivity index (χ0v) is 10.9. The Labute approximate surface area is 103 Å². The van der Waals surface area contributed by atoms with E-state index in [1.54, 1.807) is 0 Å². The molecule has 0 fully saturated rings. The van der Waals surface area contributed by atoms with Crippen LogP contribution in [0, 0.1) is 6.92 Å². The molecule has 0 N–H and O–H groups in total. The highest BCUT2D eigenvalue weighted by molar-refractivity contribution is 5.43. The molecule has 1 atom stereocenters. The summed E-state index contributed by atoms with van der Waals surface area (Å²) in [4.78, 5) is 2.36. The zero-order chi connectivity index (χ0) is 12.3. The van der Waals surface area contributed by atoms with E-state index in [9.17, 15) is 0 Å². The molecule has 0 amide bonds. The van der Waals surface area contributed by atoms with Crippen LogP contribution in [0.3, 0.4) is 0 Å². The van der Waals surface area contributed by atoms with Crippen molar-refractivity contribution in [2.45, 2.75) is 26.9 Å². The highest BCUT2D eigenvalue weighted by Crippen LogP contribution is 2.32. The van der Waals surface area contributed by atoms with E-state index in [4.69, 9.17) is 9.47 Å². The molecule has 0 spiro atoms. The second kappa shape index (κ2) is 5.41. The van der Waals surface area contributed by atoms with Crippen LogP contribution in [-0.2, 0) is 0 Å². The average molecular weight is 235 g/mol. The first-order chi connectivity index (χ1) is 8.22. The lowest BCUT2D eigenvalue weighted by molar-refractivity contribution is 0.0614. The molecule has 1 aromatic carbocycles. The van der Waals surface area contributed by atoms with Gasteiger partial charge in [-0.3, -0.25) is 0 Å². The highest BCUT2D eigenvalue weighted by Gasteiger charge is 2.22. The minimum absolute atomic E-state index is 0.143. The van der Waals surface area contributed by atoms with Gasteiger partial charge in [-0.1, -0.05) is 19.9 Å². The number of hydrogen-bond donors (Lipinski definition) is 0. The third-order valence-corrected chi connectivity index (χ3v) is 3.17. The fraction of sp³-hybridized carbons (Fsp3) is 0.571. The van der Waals surface area contributed by atoms with Crippen LogP contribution in [0.2, 0.25) is 0 Å². The molecular weight excluding hydrogens is 214 g/mol. The maximum absolute atomic E-state index is 5.98. The number of benzene rings is 1. The molecule has 94 valence electrons. The van der Waals surface area contributed by atoms with Gasteiger partial charge in [0.25, 0.3) is 0 Å². The van der Waals surface area contributed by atoms with E-state index < -0.39 is 0 Å². The molecule has 0 saturated heterocycles. The summed E-state index contributed by atoms with van der Waals surface area (Å²) in [6, 6.07) is 6.08. The first-order valence-corrected chi connectivity index (χ1v) is 6.35. The topological polar surface area (TPSA) is 21.7 Å². The Morgan fingerprint density at radius 1 is 1.24 bits per heavy atom. The quantitative estimate of drug-likeness (QED) is 0.800. The minimum atomic E-state index is 0.143. The van der Waals surface area contributed by atoms with E-state index in [2.05, 4.69) is 25.7 Å². The summed E-state index contributed by atoms with van der Waals surface area (Å²) in [6.45, 7) is 10.1. The van der Waals surface area contributed by atoms with Crippen LogP contribution in [0.25, 0.3) is 0 Å². The van der Waals surface area contributed by atoms with E-state index in [0.29, 0.717) is 6.61 Å². The third-order valence-electron chi connectivity index (χ3n) is 3.17. The first kappa shape index (κ1) is 12.2. The van der Waals surface area contributed by atoms with Crippen molar-refractivity contribution in [3.8, 4) is 11.5 Å². The lowest BCUT2D eigenvalue weighted by Crippen LogP contribution is -2.40. The Bertz CT molecular complexity index is 374. The van der Waals surface area contributed by atoms with Crippen molar-refractivity contribution < 1.29 is 9.47 Å². The Hall–Kier alpha value is -1.22. The van der Waals surface area contributed by atoms with Gasteiger partial charge in [-0.15, -0.1) is 0 Å². The van der Waals surface area contributed by atoms with Gasteiger partial charge in [0, 0.05) is 6.54 Å². The molecule has 2 rings (SSSR count). The number of ether oxygens (including phenoxy) is 2. The van der Waals surface area contributed by atoms with E-state index >= 15 is 0 Å². The maximum atomic E-state index is 5.98. The molecule has 3 heteroatoms. The molecule has 0 bridgehead atoms. The van der Waals surface area contributed by atoms with Gasteiger partial charge in [-0.2, -0.15) is 0 Å². The molecule has 1 unspecified atom stereocenters. The molecular formula is C14H21NO2. The zero-order valence-electron chi connectivity index (χ0n) is 10.9. The smallest absolute Gasteiger partial charge is 0.162 e. The van der Waals surface area contributed by atoms with E-state index in [1.165, 1.54) is 5.56 Å². The summed E-state index contributed by atoms with van der Waals surface area (Å²) >= 11 is 0. The molecule has 1 aromatic rings. The summed E-state index contributed by atoms with van der Waals surface area (Å²) < 4.78 is 11.7. The predicted octanol–water partition coefficient (Wildman–Crippen LogP) is 2.48. The number of fused-ring (bicyclic) bond motifs is 1. The fourth-order valence-corrected chi connectivity index (χ4v) is 2.08. The fourth-order valence-electron chi connectivity index (χ4n) is 2.08. The van der Waals surface area contributed by atoms with Gasteiger partial charge in [0.05, 0.1) is 0 Å². The summed E-state index contributed by atoms with van der Waals surface area (Å²) in [6.07, 6.45) is 0.143. The van der Waals surface area contributed by atoms with Gasteiger partial charge >= 0.3 is 0 Å². The Kier molecular flexibility index (Phi) is 3.89. The molecule has 1 aliphatic heterocycles. The lowest BCUT2D eigenvalue weighted by atomic mass is 10.2. The predicted molar refractivity (Wildman–Crippen MR) is 68.9 cm³/mol. The van der Waals surface area contributed by atoms with Gasteiger partial charge < -0.3 is 14.4 Å². The van der Waals surface area contributed by atoms with Gasteiger partial charge in [0.1, 0.15) is 12.7 Å². The summed E-state index contributed by atoms with van der Waals surface area (Å²) in [5, 5.41) is 0. The maximum Gasteiger partial charge on any atom is 0.162 e. The van der Waals surface area contributed by atoms with Gasteiger partial charge in [0.15, 0.2) is 11.5 Å². The normalized spacial score (nSPS) is 18.5. The van der Waals surface area contributed by atoms with E-state index in [-0.39, 0.29) is 6.10 Å². The van der Waals surface area contributed by atoms with Crippen LogP contribution in [0.4, 0.5) is 0 Å². The van der Waals surface area contributed by atoms with Crippen molar-refractivity contribution in [2.75, 3.05) is 26.2 Å². The second-order valence-corrected chi connectivity index (χ2v) is 4.49. The molecule has 1 heterocycles. The third kappa shape index (κ3) is 2.91. The summed E-state index contributed by atoms with van der Waals surface area (Å²) in [5.41, 5.74) is 1.20. The number of nitrogens with zero attached hydrogens (tertiary/aromatic N) is 1. The van der Waals surface area contributed by atoms with Crippen molar-refractivity contribution in [3.05, 3.63) is 23.8 Å². The molecule has 3 nitrogen and oxygen atoms in total. The minimum Gasteiger partial charge on any atom is -0.486 e. The molecule has 0 aromatic heterocycles. The van der Waals surface area contributed by atoms with Gasteiger partial charge in [-0.25, -0.2) is 0 Å². The lowest BCUT2D eigenvalue weighted by Gasteiger charge is -2.30.